The molecule has 0 radical (unpaired) electrons. The Morgan fingerprint density at radius 2 is 1.81 bits per heavy atom. The molecule has 2 aromatic heterocycles. The summed E-state index contributed by atoms with van der Waals surface area (Å²) in [5.41, 5.74) is 4.18. The van der Waals surface area contributed by atoms with Gasteiger partial charge in [-0.3, -0.25) is 14.2 Å². The minimum absolute atomic E-state index is 0.0100. The van der Waals surface area contributed by atoms with Crippen molar-refractivity contribution in [3.8, 4) is 0 Å². The normalized spacial score (nSPS) is 17.5. The number of rotatable bonds is 7. The van der Waals surface area contributed by atoms with E-state index in [0.717, 1.165) is 29.8 Å². The van der Waals surface area contributed by atoms with Gasteiger partial charge in [-0.05, 0) is 47.2 Å². The molecule has 5 rings (SSSR count). The van der Waals surface area contributed by atoms with Crippen LogP contribution in [0, 0.1) is 5.92 Å². The Labute approximate surface area is 185 Å². The van der Waals surface area contributed by atoms with Gasteiger partial charge >= 0.3 is 0 Å². The number of amides is 1. The van der Waals surface area contributed by atoms with Crippen molar-refractivity contribution in [3.05, 3.63) is 101 Å². The Hall–Kier alpha value is -3.38. The summed E-state index contributed by atoms with van der Waals surface area (Å²) >= 11 is 6.07. The predicted octanol–water partition coefficient (Wildman–Crippen LogP) is 4.57. The lowest BCUT2D eigenvalue weighted by Crippen LogP contribution is -2.14. The molecule has 1 saturated carbocycles. The van der Waals surface area contributed by atoms with E-state index in [9.17, 15) is 4.79 Å². The second-order valence-corrected chi connectivity index (χ2v) is 8.38. The SMILES string of the molecule is O=C(Nc1cnn(Cc2ccc(Cn3cccn3)cc2)c1)[C@H]1C[C@@H]1c1cccc(Cl)c1. The molecular formula is C24H22ClN5O. The number of hydrogen-bond acceptors (Lipinski definition) is 3. The van der Waals surface area contributed by atoms with Crippen LogP contribution < -0.4 is 5.32 Å². The maximum atomic E-state index is 12.6. The first kappa shape index (κ1) is 19.6. The van der Waals surface area contributed by atoms with E-state index < -0.39 is 0 Å². The summed E-state index contributed by atoms with van der Waals surface area (Å²) in [7, 11) is 0. The molecule has 31 heavy (non-hydrogen) atoms. The third-order valence-corrected chi connectivity index (χ3v) is 5.81. The zero-order valence-electron chi connectivity index (χ0n) is 16.9. The van der Waals surface area contributed by atoms with Crippen molar-refractivity contribution in [3.63, 3.8) is 0 Å². The van der Waals surface area contributed by atoms with Crippen LogP contribution in [0.4, 0.5) is 5.69 Å². The van der Waals surface area contributed by atoms with Crippen LogP contribution in [0.3, 0.4) is 0 Å². The summed E-state index contributed by atoms with van der Waals surface area (Å²) in [6.07, 6.45) is 8.15. The molecule has 0 bridgehead atoms. The number of anilines is 1. The van der Waals surface area contributed by atoms with Crippen LogP contribution >= 0.6 is 11.6 Å². The van der Waals surface area contributed by atoms with Gasteiger partial charge in [0.15, 0.2) is 0 Å². The van der Waals surface area contributed by atoms with E-state index in [-0.39, 0.29) is 17.7 Å². The second-order valence-electron chi connectivity index (χ2n) is 7.94. The highest BCUT2D eigenvalue weighted by Crippen LogP contribution is 2.48. The number of aromatic nitrogens is 4. The minimum atomic E-state index is -0.0100. The van der Waals surface area contributed by atoms with Crippen LogP contribution in [0.15, 0.2) is 79.4 Å². The Morgan fingerprint density at radius 3 is 2.52 bits per heavy atom. The Morgan fingerprint density at radius 1 is 1.03 bits per heavy atom. The summed E-state index contributed by atoms with van der Waals surface area (Å²) in [6, 6.07) is 18.1. The van der Waals surface area contributed by atoms with Gasteiger partial charge in [0.05, 0.1) is 25.0 Å². The molecule has 2 heterocycles. The van der Waals surface area contributed by atoms with Gasteiger partial charge in [0.25, 0.3) is 0 Å². The zero-order chi connectivity index (χ0) is 21.2. The van der Waals surface area contributed by atoms with Gasteiger partial charge in [-0.25, -0.2) is 0 Å². The van der Waals surface area contributed by atoms with Gasteiger partial charge in [-0.2, -0.15) is 10.2 Å². The van der Waals surface area contributed by atoms with Crippen LogP contribution in [-0.2, 0) is 17.9 Å². The molecule has 1 aliphatic rings. The number of nitrogens with zero attached hydrogens (tertiary/aromatic N) is 4. The molecule has 0 aliphatic heterocycles. The van der Waals surface area contributed by atoms with E-state index in [2.05, 4.69) is 39.8 Å². The molecule has 7 heteroatoms. The molecule has 4 aromatic rings. The van der Waals surface area contributed by atoms with E-state index in [1.54, 1.807) is 12.4 Å². The van der Waals surface area contributed by atoms with Crippen molar-refractivity contribution in [2.45, 2.75) is 25.4 Å². The number of carbonyl (C=O) groups is 1. The van der Waals surface area contributed by atoms with E-state index in [1.807, 2.05) is 52.1 Å². The highest BCUT2D eigenvalue weighted by atomic mass is 35.5. The molecular weight excluding hydrogens is 410 g/mol. The predicted molar refractivity (Wildman–Crippen MR) is 120 cm³/mol. The summed E-state index contributed by atoms with van der Waals surface area (Å²) < 4.78 is 3.73. The molecule has 1 aliphatic carbocycles. The fourth-order valence-corrected chi connectivity index (χ4v) is 4.06. The lowest BCUT2D eigenvalue weighted by molar-refractivity contribution is -0.117. The van der Waals surface area contributed by atoms with Crippen molar-refractivity contribution in [1.82, 2.24) is 19.6 Å². The van der Waals surface area contributed by atoms with Crippen molar-refractivity contribution in [2.24, 2.45) is 5.92 Å². The fraction of sp³-hybridized carbons (Fsp3) is 0.208. The minimum Gasteiger partial charge on any atom is -0.323 e. The molecule has 0 spiro atoms. The Kier molecular flexibility index (Phi) is 5.30. The molecule has 156 valence electrons. The number of hydrogen-bond donors (Lipinski definition) is 1. The van der Waals surface area contributed by atoms with Gasteiger partial charge in [0, 0.05) is 29.5 Å². The monoisotopic (exact) mass is 431 g/mol. The van der Waals surface area contributed by atoms with Gasteiger partial charge in [-0.1, -0.05) is 48.0 Å². The lowest BCUT2D eigenvalue weighted by Gasteiger charge is -2.05. The highest BCUT2D eigenvalue weighted by molar-refractivity contribution is 6.30. The Balaban J connectivity index is 1.16. The third-order valence-electron chi connectivity index (χ3n) is 5.58. The summed E-state index contributed by atoms with van der Waals surface area (Å²) in [4.78, 5) is 12.6. The smallest absolute Gasteiger partial charge is 0.228 e. The number of halogens is 1. The summed E-state index contributed by atoms with van der Waals surface area (Å²) in [5.74, 6) is 0.269. The first-order chi connectivity index (χ1) is 15.1. The third kappa shape index (κ3) is 4.70. The molecule has 0 saturated heterocycles. The number of nitrogens with one attached hydrogen (secondary N) is 1. The molecule has 2 aromatic carbocycles. The average Bonchev–Trinajstić information content (AvgIpc) is 3.19. The van der Waals surface area contributed by atoms with E-state index in [0.29, 0.717) is 11.6 Å². The van der Waals surface area contributed by atoms with Crippen molar-refractivity contribution < 1.29 is 4.79 Å². The van der Waals surface area contributed by atoms with Crippen molar-refractivity contribution in [1.29, 1.82) is 0 Å². The van der Waals surface area contributed by atoms with Crippen LogP contribution in [0.5, 0.6) is 0 Å². The van der Waals surface area contributed by atoms with E-state index >= 15 is 0 Å². The largest absolute Gasteiger partial charge is 0.323 e. The van der Waals surface area contributed by atoms with Crippen LogP contribution in [0.2, 0.25) is 5.02 Å². The van der Waals surface area contributed by atoms with Crippen molar-refractivity contribution >= 4 is 23.2 Å². The first-order valence-corrected chi connectivity index (χ1v) is 10.7. The van der Waals surface area contributed by atoms with Gasteiger partial charge in [-0.15, -0.1) is 0 Å². The lowest BCUT2D eigenvalue weighted by atomic mass is 10.1. The van der Waals surface area contributed by atoms with E-state index in [4.69, 9.17) is 11.6 Å². The fourth-order valence-electron chi connectivity index (χ4n) is 3.86. The standard InChI is InChI=1S/C24H22ClN5O/c25-20-4-1-3-19(11-20)22-12-23(22)24(31)28-21-13-27-30(16-21)15-18-7-5-17(6-8-18)14-29-10-2-9-26-29/h1-11,13,16,22-23H,12,14-15H2,(H,28,31)/t22-,23+/m1/s1. The maximum Gasteiger partial charge on any atom is 0.228 e. The topological polar surface area (TPSA) is 64.7 Å². The second kappa shape index (κ2) is 8.40. The van der Waals surface area contributed by atoms with Crippen molar-refractivity contribution in [2.75, 3.05) is 5.32 Å². The van der Waals surface area contributed by atoms with Crippen LogP contribution in [0.25, 0.3) is 0 Å². The number of benzene rings is 2. The number of carbonyl (C=O) groups excluding carboxylic acids is 1. The maximum absolute atomic E-state index is 12.6. The molecule has 1 N–H and O–H groups in total. The quantitative estimate of drug-likeness (QED) is 0.466. The summed E-state index contributed by atoms with van der Waals surface area (Å²) in [5, 5.41) is 12.3. The molecule has 6 nitrogen and oxygen atoms in total. The molecule has 0 unspecified atom stereocenters. The molecule has 1 amide bonds. The van der Waals surface area contributed by atoms with E-state index in [1.165, 1.54) is 5.56 Å². The van der Waals surface area contributed by atoms with Crippen LogP contribution in [0.1, 0.15) is 29.0 Å². The summed E-state index contributed by atoms with van der Waals surface area (Å²) in [6.45, 7) is 1.40. The first-order valence-electron chi connectivity index (χ1n) is 10.3. The van der Waals surface area contributed by atoms with Gasteiger partial charge in [0.2, 0.25) is 5.91 Å². The van der Waals surface area contributed by atoms with Crippen LogP contribution in [-0.4, -0.2) is 25.5 Å². The average molecular weight is 432 g/mol. The molecule has 1 fully saturated rings. The molecule has 2 atom stereocenters. The Bertz CT molecular complexity index is 1180. The zero-order valence-corrected chi connectivity index (χ0v) is 17.6. The highest BCUT2D eigenvalue weighted by Gasteiger charge is 2.44. The van der Waals surface area contributed by atoms with Gasteiger partial charge in [0.1, 0.15) is 0 Å². The van der Waals surface area contributed by atoms with Gasteiger partial charge < -0.3 is 5.32 Å².